The van der Waals surface area contributed by atoms with Crippen molar-refractivity contribution in [1.29, 1.82) is 0 Å². The highest BCUT2D eigenvalue weighted by molar-refractivity contribution is 7.99. The maximum atomic E-state index is 12.5. The number of halogens is 1. The lowest BCUT2D eigenvalue weighted by Crippen LogP contribution is -2.33. The summed E-state index contributed by atoms with van der Waals surface area (Å²) in [7, 11) is -3.82. The van der Waals surface area contributed by atoms with Gasteiger partial charge in [0.15, 0.2) is 5.16 Å². The van der Waals surface area contributed by atoms with Gasteiger partial charge in [-0.2, -0.15) is 0 Å². The lowest BCUT2D eigenvalue weighted by Gasteiger charge is -2.11. The summed E-state index contributed by atoms with van der Waals surface area (Å²) in [4.78, 5) is 19.6. The highest BCUT2D eigenvalue weighted by Gasteiger charge is 2.24. The SMILES string of the molecule is CCC(C)NC(=O)CSc1ncc(S(=O)(=O)c2ccc(Cl)s2)c(N)n1. The summed E-state index contributed by atoms with van der Waals surface area (Å²) < 4.78 is 25.5. The third kappa shape index (κ3) is 5.06. The lowest BCUT2D eigenvalue weighted by molar-refractivity contribution is -0.119. The second kappa shape index (κ2) is 8.35. The molecular formula is C14H17ClN4O3S3. The van der Waals surface area contributed by atoms with E-state index in [0.29, 0.717) is 4.34 Å². The van der Waals surface area contributed by atoms with E-state index < -0.39 is 9.84 Å². The van der Waals surface area contributed by atoms with Gasteiger partial charge in [0.25, 0.3) is 0 Å². The topological polar surface area (TPSA) is 115 Å². The number of rotatable bonds is 7. The molecule has 2 heterocycles. The van der Waals surface area contributed by atoms with Gasteiger partial charge in [-0.05, 0) is 25.5 Å². The molecule has 0 aliphatic carbocycles. The van der Waals surface area contributed by atoms with E-state index in [1.165, 1.54) is 12.1 Å². The number of hydrogen-bond acceptors (Lipinski definition) is 8. The number of nitrogens with two attached hydrogens (primary N) is 1. The smallest absolute Gasteiger partial charge is 0.230 e. The molecule has 0 bridgehead atoms. The summed E-state index contributed by atoms with van der Waals surface area (Å²) >= 11 is 7.81. The van der Waals surface area contributed by atoms with Gasteiger partial charge < -0.3 is 11.1 Å². The van der Waals surface area contributed by atoms with Gasteiger partial charge >= 0.3 is 0 Å². The fraction of sp³-hybridized carbons (Fsp3) is 0.357. The van der Waals surface area contributed by atoms with E-state index in [9.17, 15) is 13.2 Å². The van der Waals surface area contributed by atoms with Gasteiger partial charge in [0.2, 0.25) is 15.7 Å². The molecule has 136 valence electrons. The molecule has 0 spiro atoms. The predicted molar refractivity (Wildman–Crippen MR) is 99.8 cm³/mol. The molecule has 25 heavy (non-hydrogen) atoms. The fourth-order valence-corrected chi connectivity index (χ4v) is 5.24. The van der Waals surface area contributed by atoms with Crippen molar-refractivity contribution in [2.75, 3.05) is 11.5 Å². The predicted octanol–water partition coefficient (Wildman–Crippen LogP) is 2.61. The van der Waals surface area contributed by atoms with Crippen LogP contribution in [0.15, 0.2) is 32.6 Å². The quantitative estimate of drug-likeness (QED) is 0.522. The molecule has 1 amide bonds. The molecule has 0 aromatic carbocycles. The van der Waals surface area contributed by atoms with E-state index in [-0.39, 0.29) is 37.8 Å². The molecule has 0 saturated carbocycles. The van der Waals surface area contributed by atoms with Crippen LogP contribution in [0.3, 0.4) is 0 Å². The molecule has 11 heteroatoms. The van der Waals surface area contributed by atoms with Crippen molar-refractivity contribution >= 4 is 56.3 Å². The first-order chi connectivity index (χ1) is 11.7. The number of carbonyl (C=O) groups excluding carboxylic acids is 1. The zero-order valence-electron chi connectivity index (χ0n) is 13.5. The number of hydrogen-bond donors (Lipinski definition) is 2. The van der Waals surface area contributed by atoms with Crippen LogP contribution in [0.4, 0.5) is 5.82 Å². The monoisotopic (exact) mass is 420 g/mol. The molecule has 2 aromatic heterocycles. The van der Waals surface area contributed by atoms with Crippen LogP contribution in [-0.2, 0) is 14.6 Å². The van der Waals surface area contributed by atoms with Crippen molar-refractivity contribution in [2.24, 2.45) is 0 Å². The average Bonchev–Trinajstić information content (AvgIpc) is 3.00. The van der Waals surface area contributed by atoms with Gasteiger partial charge in [0.1, 0.15) is 14.9 Å². The van der Waals surface area contributed by atoms with E-state index >= 15 is 0 Å². The van der Waals surface area contributed by atoms with E-state index in [2.05, 4.69) is 15.3 Å². The van der Waals surface area contributed by atoms with Gasteiger partial charge in [-0.15, -0.1) is 11.3 Å². The number of amides is 1. The van der Waals surface area contributed by atoms with Crippen molar-refractivity contribution in [2.45, 2.75) is 40.6 Å². The van der Waals surface area contributed by atoms with Gasteiger partial charge in [-0.1, -0.05) is 30.3 Å². The Bertz CT molecular complexity index is 870. The van der Waals surface area contributed by atoms with Gasteiger partial charge in [-0.25, -0.2) is 18.4 Å². The van der Waals surface area contributed by atoms with Gasteiger partial charge in [-0.3, -0.25) is 4.79 Å². The Morgan fingerprint density at radius 2 is 2.20 bits per heavy atom. The van der Waals surface area contributed by atoms with E-state index in [4.69, 9.17) is 17.3 Å². The maximum Gasteiger partial charge on any atom is 0.230 e. The van der Waals surface area contributed by atoms with Crippen LogP contribution in [0.5, 0.6) is 0 Å². The number of nitrogens with zero attached hydrogens (tertiary/aromatic N) is 2. The molecule has 7 nitrogen and oxygen atoms in total. The molecule has 0 aliphatic rings. The molecule has 0 saturated heterocycles. The third-order valence-electron chi connectivity index (χ3n) is 3.22. The molecule has 0 fully saturated rings. The van der Waals surface area contributed by atoms with Crippen molar-refractivity contribution in [3.8, 4) is 0 Å². The van der Waals surface area contributed by atoms with Crippen molar-refractivity contribution in [3.63, 3.8) is 0 Å². The highest BCUT2D eigenvalue weighted by atomic mass is 35.5. The number of sulfone groups is 1. The van der Waals surface area contributed by atoms with E-state index in [0.717, 1.165) is 35.7 Å². The van der Waals surface area contributed by atoms with Crippen LogP contribution in [0.1, 0.15) is 20.3 Å². The fourth-order valence-electron chi connectivity index (χ4n) is 1.74. The average molecular weight is 421 g/mol. The summed E-state index contributed by atoms with van der Waals surface area (Å²) in [5.41, 5.74) is 5.79. The van der Waals surface area contributed by atoms with Gasteiger partial charge in [0, 0.05) is 6.04 Å². The molecule has 1 unspecified atom stereocenters. The Balaban J connectivity index is 2.12. The second-order valence-electron chi connectivity index (χ2n) is 5.13. The first kappa shape index (κ1) is 20.0. The molecule has 0 radical (unpaired) electrons. The molecule has 2 rings (SSSR count). The van der Waals surface area contributed by atoms with Crippen molar-refractivity contribution < 1.29 is 13.2 Å². The number of carbonyl (C=O) groups is 1. The minimum absolute atomic E-state index is 0.0705. The highest BCUT2D eigenvalue weighted by Crippen LogP contribution is 2.32. The normalized spacial score (nSPS) is 12.8. The zero-order valence-corrected chi connectivity index (χ0v) is 16.7. The van der Waals surface area contributed by atoms with Crippen LogP contribution >= 0.6 is 34.7 Å². The number of thioether (sulfide) groups is 1. The first-order valence-electron chi connectivity index (χ1n) is 7.29. The van der Waals surface area contributed by atoms with E-state index in [1.807, 2.05) is 13.8 Å². The van der Waals surface area contributed by atoms with Crippen LogP contribution in [-0.4, -0.2) is 36.1 Å². The maximum absolute atomic E-state index is 12.5. The van der Waals surface area contributed by atoms with Crippen molar-refractivity contribution in [3.05, 3.63) is 22.7 Å². The Morgan fingerprint density at radius 1 is 1.48 bits per heavy atom. The molecule has 0 aliphatic heterocycles. The van der Waals surface area contributed by atoms with Crippen molar-refractivity contribution in [1.82, 2.24) is 15.3 Å². The molecular weight excluding hydrogens is 404 g/mol. The third-order valence-corrected chi connectivity index (χ3v) is 7.57. The number of nitrogen functional groups attached to an aromatic ring is 1. The van der Waals surface area contributed by atoms with E-state index in [1.54, 1.807) is 0 Å². The van der Waals surface area contributed by atoms with Crippen LogP contribution in [0.25, 0.3) is 0 Å². The van der Waals surface area contributed by atoms with Crippen LogP contribution < -0.4 is 11.1 Å². The number of anilines is 1. The molecule has 2 aromatic rings. The zero-order chi connectivity index (χ0) is 18.6. The molecule has 1 atom stereocenters. The first-order valence-corrected chi connectivity index (χ1v) is 11.0. The van der Waals surface area contributed by atoms with Gasteiger partial charge in [0.05, 0.1) is 16.3 Å². The number of nitrogens with one attached hydrogen (secondary N) is 1. The summed E-state index contributed by atoms with van der Waals surface area (Å²) in [5, 5.41) is 3.06. The lowest BCUT2D eigenvalue weighted by atomic mass is 10.3. The largest absolute Gasteiger partial charge is 0.382 e. The minimum atomic E-state index is -3.82. The number of aromatic nitrogens is 2. The Hall–Kier alpha value is -1.36. The summed E-state index contributed by atoms with van der Waals surface area (Å²) in [5.74, 6) is -0.188. The number of thiophene rings is 1. The Morgan fingerprint density at radius 3 is 2.76 bits per heavy atom. The molecule has 3 N–H and O–H groups in total. The Kier molecular flexibility index (Phi) is 6.66. The summed E-state index contributed by atoms with van der Waals surface area (Å²) in [6, 6.07) is 2.99. The summed E-state index contributed by atoms with van der Waals surface area (Å²) in [6.45, 7) is 3.88. The standard InChI is InChI=1S/C14H17ClN4O3S3/c1-3-8(2)18-11(20)7-23-14-17-6-9(13(16)19-14)25(21,22)12-5-4-10(15)24-12/h4-6,8H,3,7H2,1-2H3,(H,18,20)(H2,16,17,19). The second-order valence-corrected chi connectivity index (χ2v) is 9.93. The minimum Gasteiger partial charge on any atom is -0.382 e. The Labute approximate surface area is 159 Å². The van der Waals surface area contributed by atoms with Crippen LogP contribution in [0, 0.1) is 0 Å². The van der Waals surface area contributed by atoms with Crippen LogP contribution in [0.2, 0.25) is 4.34 Å². The summed E-state index contributed by atoms with van der Waals surface area (Å²) in [6.07, 6.45) is 1.99.